The van der Waals surface area contributed by atoms with Gasteiger partial charge >= 0.3 is 6.18 Å². The van der Waals surface area contributed by atoms with Gasteiger partial charge in [-0.15, -0.1) is 0 Å². The van der Waals surface area contributed by atoms with Gasteiger partial charge in [-0.05, 0) is 12.2 Å². The number of rotatable bonds is 5. The van der Waals surface area contributed by atoms with E-state index in [0.29, 0.717) is 16.9 Å². The lowest BCUT2D eigenvalue weighted by Crippen LogP contribution is -2.44. The molecular formula is C22H21F5N4O3. The van der Waals surface area contributed by atoms with E-state index < -0.39 is 49.7 Å². The number of hydrogen-bond acceptors (Lipinski definition) is 6. The van der Waals surface area contributed by atoms with Crippen LogP contribution >= 0.6 is 0 Å². The molecule has 0 N–H and O–H groups in total. The Morgan fingerprint density at radius 3 is 2.74 bits per heavy atom. The van der Waals surface area contributed by atoms with Crippen molar-refractivity contribution in [2.24, 2.45) is 16.0 Å². The second-order valence-electron chi connectivity index (χ2n) is 8.02. The Morgan fingerprint density at radius 1 is 1.29 bits per heavy atom. The quantitative estimate of drug-likeness (QED) is 0.599. The highest BCUT2D eigenvalue weighted by atomic mass is 19.4. The van der Waals surface area contributed by atoms with E-state index in [0.717, 1.165) is 9.91 Å². The van der Waals surface area contributed by atoms with Gasteiger partial charge in [0.1, 0.15) is 30.9 Å². The molecule has 3 aliphatic rings. The van der Waals surface area contributed by atoms with Crippen LogP contribution in [0.5, 0.6) is 0 Å². The maximum absolute atomic E-state index is 13.9. The Balaban J connectivity index is 1.66. The first kappa shape index (κ1) is 23.9. The van der Waals surface area contributed by atoms with Gasteiger partial charge in [-0.25, -0.2) is 8.78 Å². The van der Waals surface area contributed by atoms with Crippen LogP contribution in [0.3, 0.4) is 0 Å². The summed E-state index contributed by atoms with van der Waals surface area (Å²) in [5.41, 5.74) is 0.948. The first-order valence-electron chi connectivity index (χ1n) is 10.3. The zero-order valence-corrected chi connectivity index (χ0v) is 17.9. The zero-order valence-electron chi connectivity index (χ0n) is 17.9. The van der Waals surface area contributed by atoms with E-state index in [9.17, 15) is 26.7 Å². The molecule has 2 atom stereocenters. The van der Waals surface area contributed by atoms with Gasteiger partial charge < -0.3 is 14.1 Å². The average molecular weight is 484 g/mol. The van der Waals surface area contributed by atoms with Gasteiger partial charge in [-0.1, -0.05) is 19.2 Å². The lowest BCUT2D eigenvalue weighted by Gasteiger charge is -2.29. The molecule has 0 aliphatic carbocycles. The molecule has 1 amide bonds. The van der Waals surface area contributed by atoms with Crippen LogP contribution in [0.1, 0.15) is 16.9 Å². The molecule has 1 aromatic rings. The van der Waals surface area contributed by atoms with Crippen LogP contribution in [-0.4, -0.2) is 78.7 Å². The predicted octanol–water partition coefficient (Wildman–Crippen LogP) is 3.59. The number of furan rings is 1. The molecule has 7 nitrogen and oxygen atoms in total. The summed E-state index contributed by atoms with van der Waals surface area (Å²) >= 11 is 0. The first-order chi connectivity index (χ1) is 16.0. The summed E-state index contributed by atoms with van der Waals surface area (Å²) < 4.78 is 77.9. The van der Waals surface area contributed by atoms with Crippen LogP contribution in [0.15, 0.2) is 45.7 Å². The summed E-state index contributed by atoms with van der Waals surface area (Å²) in [5, 5.41) is 4.99. The Hall–Kier alpha value is -3.28. The van der Waals surface area contributed by atoms with E-state index in [-0.39, 0.29) is 24.6 Å². The minimum absolute atomic E-state index is 0.0890. The maximum atomic E-state index is 13.9. The van der Waals surface area contributed by atoms with E-state index in [2.05, 4.69) is 23.3 Å². The molecular weight excluding hydrogens is 463 g/mol. The standard InChI is InChI=1S/C22H21F5N4O3/c1-3-13-15(9-34-18(13)4-2)19-14-8-28-16(7-17(14)31(29-19)11-22(25,26)27)20(32)30-5-6-33-12-21(23,24)10-30/h3-4,7-9,14,17H,1-2,5-6,10-12H2. The lowest BCUT2D eigenvalue weighted by molar-refractivity contribution is -0.148. The van der Waals surface area contributed by atoms with Crippen LogP contribution in [-0.2, 0) is 9.53 Å². The fourth-order valence-corrected chi connectivity index (χ4v) is 4.10. The van der Waals surface area contributed by atoms with Crippen molar-refractivity contribution in [1.29, 1.82) is 0 Å². The highest BCUT2D eigenvalue weighted by Gasteiger charge is 2.45. The summed E-state index contributed by atoms with van der Waals surface area (Å²) in [6, 6.07) is -1.00. The molecule has 3 aliphatic heterocycles. The minimum atomic E-state index is -4.58. The van der Waals surface area contributed by atoms with Crippen molar-refractivity contribution in [1.82, 2.24) is 9.91 Å². The van der Waals surface area contributed by atoms with Crippen LogP contribution < -0.4 is 0 Å². The van der Waals surface area contributed by atoms with Gasteiger partial charge in [0, 0.05) is 23.9 Å². The molecule has 182 valence electrons. The number of hydrogen-bond donors (Lipinski definition) is 0. The summed E-state index contributed by atoms with van der Waals surface area (Å²) in [6.07, 6.45) is 2.23. The lowest BCUT2D eigenvalue weighted by atomic mass is 9.89. The highest BCUT2D eigenvalue weighted by Crippen LogP contribution is 2.35. The van der Waals surface area contributed by atoms with Crippen LogP contribution in [0, 0.1) is 5.92 Å². The molecule has 34 heavy (non-hydrogen) atoms. The fourth-order valence-electron chi connectivity index (χ4n) is 4.10. The number of halogens is 5. The number of aliphatic imine (C=N–C) groups is 1. The molecule has 0 saturated carbocycles. The van der Waals surface area contributed by atoms with Gasteiger partial charge in [0.15, 0.2) is 0 Å². The van der Waals surface area contributed by atoms with Crippen molar-refractivity contribution in [3.8, 4) is 0 Å². The third kappa shape index (κ3) is 4.67. The van der Waals surface area contributed by atoms with Crippen LogP contribution in [0.2, 0.25) is 0 Å². The summed E-state index contributed by atoms with van der Waals surface area (Å²) in [6.45, 7) is 4.09. The number of ether oxygens (including phenoxy) is 1. The number of carbonyl (C=O) groups is 1. The van der Waals surface area contributed by atoms with Crippen LogP contribution in [0.4, 0.5) is 22.0 Å². The van der Waals surface area contributed by atoms with Crippen molar-refractivity contribution in [3.05, 3.63) is 48.1 Å². The van der Waals surface area contributed by atoms with Gasteiger partial charge in [0.05, 0.1) is 30.8 Å². The van der Waals surface area contributed by atoms with E-state index in [1.807, 2.05) is 0 Å². The number of alkyl halides is 5. The molecule has 0 bridgehead atoms. The van der Waals surface area contributed by atoms with Gasteiger partial charge in [-0.3, -0.25) is 14.8 Å². The van der Waals surface area contributed by atoms with Crippen molar-refractivity contribution in [2.45, 2.75) is 18.1 Å². The zero-order chi connectivity index (χ0) is 24.7. The average Bonchev–Trinajstić information content (AvgIpc) is 3.28. The van der Waals surface area contributed by atoms with E-state index in [1.165, 1.54) is 30.7 Å². The SMILES string of the molecule is C=Cc1occ(C2=NN(CC(F)(F)F)C3C=C(C(=O)N4CCOCC(F)(F)C4)N=CC23)c1C=C. The molecule has 0 spiro atoms. The molecule has 0 radical (unpaired) electrons. The minimum Gasteiger partial charge on any atom is -0.464 e. The number of hydrazone groups is 1. The molecule has 4 heterocycles. The normalized spacial score (nSPS) is 24.3. The fraction of sp³-hybridized carbons (Fsp3) is 0.409. The molecule has 0 aromatic carbocycles. The molecule has 12 heteroatoms. The number of carbonyl (C=O) groups excluding carboxylic acids is 1. The monoisotopic (exact) mass is 484 g/mol. The van der Waals surface area contributed by atoms with Crippen molar-refractivity contribution >= 4 is 30.0 Å². The molecule has 4 rings (SSSR count). The summed E-state index contributed by atoms with van der Waals surface area (Å²) in [7, 11) is 0. The van der Waals surface area contributed by atoms with E-state index in [1.54, 1.807) is 0 Å². The molecule has 1 aromatic heterocycles. The Morgan fingerprint density at radius 2 is 2.06 bits per heavy atom. The smallest absolute Gasteiger partial charge is 0.407 e. The largest absolute Gasteiger partial charge is 0.464 e. The second kappa shape index (κ2) is 8.82. The third-order valence-electron chi connectivity index (χ3n) is 5.58. The van der Waals surface area contributed by atoms with Crippen molar-refractivity contribution in [2.75, 3.05) is 32.8 Å². The van der Waals surface area contributed by atoms with Crippen molar-refractivity contribution < 1.29 is 35.9 Å². The number of nitrogens with zero attached hydrogens (tertiary/aromatic N) is 4. The highest BCUT2D eigenvalue weighted by molar-refractivity contribution is 6.14. The molecule has 1 saturated heterocycles. The Kier molecular flexibility index (Phi) is 6.19. The summed E-state index contributed by atoms with van der Waals surface area (Å²) in [4.78, 5) is 17.9. The van der Waals surface area contributed by atoms with Crippen molar-refractivity contribution in [3.63, 3.8) is 0 Å². The summed E-state index contributed by atoms with van der Waals surface area (Å²) in [5.74, 6) is -4.42. The Bertz CT molecular complexity index is 1090. The third-order valence-corrected chi connectivity index (χ3v) is 5.58. The number of fused-ring (bicyclic) bond motifs is 1. The van der Waals surface area contributed by atoms with Gasteiger partial charge in [0.2, 0.25) is 0 Å². The molecule has 2 unspecified atom stereocenters. The number of amides is 1. The van der Waals surface area contributed by atoms with Gasteiger partial charge in [0.25, 0.3) is 11.8 Å². The first-order valence-corrected chi connectivity index (χ1v) is 10.3. The molecule has 1 fully saturated rings. The van der Waals surface area contributed by atoms with E-state index >= 15 is 0 Å². The topological polar surface area (TPSA) is 70.6 Å². The van der Waals surface area contributed by atoms with E-state index in [4.69, 9.17) is 9.15 Å². The van der Waals surface area contributed by atoms with Crippen LogP contribution in [0.25, 0.3) is 12.2 Å². The second-order valence-corrected chi connectivity index (χ2v) is 8.02. The predicted molar refractivity (Wildman–Crippen MR) is 114 cm³/mol. The Labute approximate surface area is 191 Å². The van der Waals surface area contributed by atoms with Gasteiger partial charge in [-0.2, -0.15) is 18.3 Å². The maximum Gasteiger partial charge on any atom is 0.407 e.